The van der Waals surface area contributed by atoms with Gasteiger partial charge in [-0.3, -0.25) is 4.79 Å². The summed E-state index contributed by atoms with van der Waals surface area (Å²) < 4.78 is 16.5. The number of ether oxygens (including phenoxy) is 1. The van der Waals surface area contributed by atoms with Crippen LogP contribution in [0.2, 0.25) is 0 Å². The van der Waals surface area contributed by atoms with Gasteiger partial charge in [0.15, 0.2) is 5.76 Å². The largest absolute Gasteiger partial charge is 0.497 e. The normalized spacial score (nSPS) is 11.1. The Morgan fingerprint density at radius 1 is 1.17 bits per heavy atom. The van der Waals surface area contributed by atoms with Crippen molar-refractivity contribution in [3.63, 3.8) is 0 Å². The van der Waals surface area contributed by atoms with Gasteiger partial charge in [-0.05, 0) is 31.2 Å². The third-order valence-corrected chi connectivity index (χ3v) is 5.64. The van der Waals surface area contributed by atoms with E-state index in [-0.39, 0.29) is 24.4 Å². The molecule has 154 valence electrons. The highest BCUT2D eigenvalue weighted by atomic mass is 32.1. The fourth-order valence-electron chi connectivity index (χ4n) is 3.23. The number of carbonyl (C=O) groups excluding carboxylic acids is 2. The number of aryl methyl sites for hydroxylation is 1. The number of benzene rings is 1. The molecule has 4 rings (SSSR count). The zero-order valence-electron chi connectivity index (χ0n) is 16.8. The number of aromatic nitrogens is 1. The summed E-state index contributed by atoms with van der Waals surface area (Å²) >= 11 is 1.44. The molecule has 0 radical (unpaired) electrons. The molecule has 0 spiro atoms. The Labute approximate surface area is 177 Å². The standard InChI is InChI=1S/C23H21NO5S/c1-14(25)3-4-17-6-8-21(29-17)20-13-30-23(24-20)10-16(26)9-15-12-28-22-11-18(27-2)5-7-19(15)22/h5-8,11-13H,3-4,9-10H2,1-2H3. The molecule has 0 atom stereocenters. The van der Waals surface area contributed by atoms with Gasteiger partial charge in [-0.1, -0.05) is 0 Å². The van der Waals surface area contributed by atoms with Gasteiger partial charge in [0.2, 0.25) is 0 Å². The summed E-state index contributed by atoms with van der Waals surface area (Å²) in [5.41, 5.74) is 2.26. The lowest BCUT2D eigenvalue weighted by Gasteiger charge is -2.00. The van der Waals surface area contributed by atoms with E-state index in [1.165, 1.54) is 11.3 Å². The Morgan fingerprint density at radius 2 is 2.03 bits per heavy atom. The van der Waals surface area contributed by atoms with Crippen molar-refractivity contribution < 1.29 is 23.2 Å². The lowest BCUT2D eigenvalue weighted by molar-refractivity contribution is -0.118. The van der Waals surface area contributed by atoms with Crippen molar-refractivity contribution in [2.24, 2.45) is 0 Å². The van der Waals surface area contributed by atoms with Crippen LogP contribution in [0.25, 0.3) is 22.4 Å². The van der Waals surface area contributed by atoms with E-state index < -0.39 is 0 Å². The van der Waals surface area contributed by atoms with E-state index in [2.05, 4.69) is 4.98 Å². The van der Waals surface area contributed by atoms with Crippen molar-refractivity contribution in [1.82, 2.24) is 4.98 Å². The number of hydrogen-bond acceptors (Lipinski definition) is 7. The molecule has 6 nitrogen and oxygen atoms in total. The summed E-state index contributed by atoms with van der Waals surface area (Å²) in [4.78, 5) is 28.2. The minimum absolute atomic E-state index is 0.0658. The van der Waals surface area contributed by atoms with Gasteiger partial charge >= 0.3 is 0 Å². The zero-order valence-corrected chi connectivity index (χ0v) is 17.6. The number of hydrogen-bond donors (Lipinski definition) is 0. The van der Waals surface area contributed by atoms with Crippen molar-refractivity contribution >= 4 is 33.9 Å². The van der Waals surface area contributed by atoms with Crippen molar-refractivity contribution in [3.05, 3.63) is 58.3 Å². The van der Waals surface area contributed by atoms with Gasteiger partial charge in [-0.25, -0.2) is 4.98 Å². The van der Waals surface area contributed by atoms with Crippen LogP contribution in [0.5, 0.6) is 5.75 Å². The van der Waals surface area contributed by atoms with Gasteiger partial charge in [0, 0.05) is 41.7 Å². The fraction of sp³-hybridized carbons (Fsp3) is 0.261. The average molecular weight is 423 g/mol. The number of furan rings is 2. The average Bonchev–Trinajstić information content (AvgIpc) is 3.46. The SMILES string of the molecule is COc1ccc2c(CC(=O)Cc3nc(-c4ccc(CCC(C)=O)o4)cs3)coc2c1. The van der Waals surface area contributed by atoms with Crippen LogP contribution < -0.4 is 4.74 Å². The molecule has 3 aromatic heterocycles. The van der Waals surface area contributed by atoms with E-state index in [9.17, 15) is 9.59 Å². The molecule has 3 heterocycles. The first-order chi connectivity index (χ1) is 14.5. The van der Waals surface area contributed by atoms with Gasteiger partial charge in [0.1, 0.15) is 39.4 Å². The van der Waals surface area contributed by atoms with Crippen molar-refractivity contribution in [1.29, 1.82) is 0 Å². The second-order valence-electron chi connectivity index (χ2n) is 7.11. The predicted octanol–water partition coefficient (Wildman–Crippen LogP) is 5.03. The topological polar surface area (TPSA) is 82.5 Å². The molecule has 1 aromatic carbocycles. The van der Waals surface area contributed by atoms with E-state index in [1.807, 2.05) is 35.7 Å². The molecule has 30 heavy (non-hydrogen) atoms. The Bertz CT molecular complexity index is 1200. The third kappa shape index (κ3) is 4.52. The summed E-state index contributed by atoms with van der Waals surface area (Å²) in [6, 6.07) is 9.28. The van der Waals surface area contributed by atoms with Crippen LogP contribution >= 0.6 is 11.3 Å². The molecular formula is C23H21NO5S. The quantitative estimate of drug-likeness (QED) is 0.375. The number of Topliss-reactive ketones (excluding diaryl/α,β-unsaturated/α-hetero) is 2. The van der Waals surface area contributed by atoms with Gasteiger partial charge in [0.25, 0.3) is 0 Å². The molecule has 0 bridgehead atoms. The van der Waals surface area contributed by atoms with E-state index in [0.29, 0.717) is 35.6 Å². The molecule has 0 aliphatic heterocycles. The second kappa shape index (κ2) is 8.67. The molecule has 0 saturated heterocycles. The van der Waals surface area contributed by atoms with Gasteiger partial charge in [-0.2, -0.15) is 0 Å². The molecule has 0 saturated carbocycles. The highest BCUT2D eigenvalue weighted by Gasteiger charge is 2.15. The van der Waals surface area contributed by atoms with E-state index in [0.717, 1.165) is 21.7 Å². The Balaban J connectivity index is 1.40. The summed E-state index contributed by atoms with van der Waals surface area (Å²) in [7, 11) is 1.60. The summed E-state index contributed by atoms with van der Waals surface area (Å²) in [5, 5.41) is 3.54. The first-order valence-corrected chi connectivity index (χ1v) is 10.5. The Kier molecular flexibility index (Phi) is 5.81. The second-order valence-corrected chi connectivity index (χ2v) is 8.05. The molecule has 0 amide bonds. The van der Waals surface area contributed by atoms with Crippen LogP contribution in [0.15, 0.2) is 50.8 Å². The molecule has 0 fully saturated rings. The van der Waals surface area contributed by atoms with Crippen molar-refractivity contribution in [2.45, 2.75) is 32.6 Å². The monoisotopic (exact) mass is 423 g/mol. The lowest BCUT2D eigenvalue weighted by atomic mass is 10.1. The van der Waals surface area contributed by atoms with E-state index in [1.54, 1.807) is 20.3 Å². The summed E-state index contributed by atoms with van der Waals surface area (Å²) in [6.07, 6.45) is 3.20. The van der Waals surface area contributed by atoms with Crippen molar-refractivity contribution in [2.75, 3.05) is 7.11 Å². The predicted molar refractivity (Wildman–Crippen MR) is 114 cm³/mol. The minimum Gasteiger partial charge on any atom is -0.497 e. The number of nitrogens with zero attached hydrogens (tertiary/aromatic N) is 1. The fourth-order valence-corrected chi connectivity index (χ4v) is 4.04. The van der Waals surface area contributed by atoms with Gasteiger partial charge in [-0.15, -0.1) is 11.3 Å². The molecule has 0 unspecified atom stereocenters. The molecular weight excluding hydrogens is 402 g/mol. The lowest BCUT2D eigenvalue weighted by Crippen LogP contribution is -2.06. The van der Waals surface area contributed by atoms with Crippen LogP contribution in [-0.2, 0) is 28.9 Å². The van der Waals surface area contributed by atoms with Crippen LogP contribution in [0, 0.1) is 0 Å². The van der Waals surface area contributed by atoms with E-state index >= 15 is 0 Å². The highest BCUT2D eigenvalue weighted by molar-refractivity contribution is 7.10. The smallest absolute Gasteiger partial charge is 0.153 e. The highest BCUT2D eigenvalue weighted by Crippen LogP contribution is 2.27. The molecule has 0 aliphatic carbocycles. The van der Waals surface area contributed by atoms with Crippen LogP contribution in [-0.4, -0.2) is 23.7 Å². The number of carbonyl (C=O) groups is 2. The minimum atomic E-state index is 0.0658. The molecule has 7 heteroatoms. The number of thiazole rings is 1. The van der Waals surface area contributed by atoms with E-state index in [4.69, 9.17) is 13.6 Å². The Hall–Kier alpha value is -3.19. The van der Waals surface area contributed by atoms with Gasteiger partial charge in [0.05, 0.1) is 19.8 Å². The van der Waals surface area contributed by atoms with Gasteiger partial charge < -0.3 is 18.4 Å². The maximum atomic E-state index is 12.6. The molecule has 4 aromatic rings. The first-order valence-electron chi connectivity index (χ1n) is 9.60. The first kappa shape index (κ1) is 20.1. The third-order valence-electron chi connectivity index (χ3n) is 4.79. The number of methoxy groups -OCH3 is 1. The molecule has 0 N–H and O–H groups in total. The zero-order chi connectivity index (χ0) is 21.1. The van der Waals surface area contributed by atoms with Crippen molar-refractivity contribution in [3.8, 4) is 17.2 Å². The maximum absolute atomic E-state index is 12.6. The number of ketones is 2. The number of fused-ring (bicyclic) bond motifs is 1. The Morgan fingerprint density at radius 3 is 2.83 bits per heavy atom. The summed E-state index contributed by atoms with van der Waals surface area (Å²) in [5.74, 6) is 2.32. The van der Waals surface area contributed by atoms with Crippen LogP contribution in [0.4, 0.5) is 0 Å². The summed E-state index contributed by atoms with van der Waals surface area (Å²) in [6.45, 7) is 1.57. The number of rotatable bonds is 9. The molecule has 0 aliphatic rings. The van der Waals surface area contributed by atoms with Crippen LogP contribution in [0.1, 0.15) is 29.7 Å². The maximum Gasteiger partial charge on any atom is 0.153 e. The van der Waals surface area contributed by atoms with Crippen LogP contribution in [0.3, 0.4) is 0 Å².